The van der Waals surface area contributed by atoms with E-state index in [2.05, 4.69) is 26.9 Å². The molecule has 0 radical (unpaired) electrons. The Morgan fingerprint density at radius 1 is 1.07 bits per heavy atom. The van der Waals surface area contributed by atoms with Gasteiger partial charge in [-0.15, -0.1) is 0 Å². The maximum Gasteiger partial charge on any atom is 0.241 e. The molecule has 0 bridgehead atoms. The van der Waals surface area contributed by atoms with E-state index < -0.39 is 9.84 Å². The summed E-state index contributed by atoms with van der Waals surface area (Å²) in [7, 11) is -3.14. The van der Waals surface area contributed by atoms with E-state index in [1.54, 1.807) is 4.90 Å². The summed E-state index contributed by atoms with van der Waals surface area (Å²) in [6, 6.07) is 7.14. The van der Waals surface area contributed by atoms with Gasteiger partial charge in [-0.2, -0.15) is 0 Å². The maximum absolute atomic E-state index is 13.0. The second-order valence-electron chi connectivity index (χ2n) is 7.78. The van der Waals surface area contributed by atoms with Gasteiger partial charge in [0, 0.05) is 22.7 Å². The van der Waals surface area contributed by atoms with Gasteiger partial charge in [0.15, 0.2) is 9.84 Å². The number of carbonyl (C=O) groups excluding carboxylic acids is 1. The summed E-state index contributed by atoms with van der Waals surface area (Å²) in [6.07, 6.45) is 8.05. The Kier molecular flexibility index (Phi) is 5.45. The van der Waals surface area contributed by atoms with E-state index >= 15 is 0 Å². The van der Waals surface area contributed by atoms with Gasteiger partial charge < -0.3 is 4.90 Å². The zero-order chi connectivity index (χ0) is 19.0. The van der Waals surface area contributed by atoms with Gasteiger partial charge in [-0.25, -0.2) is 8.42 Å². The fourth-order valence-corrected chi connectivity index (χ4v) is 6.80. The van der Waals surface area contributed by atoms with E-state index in [-0.39, 0.29) is 29.5 Å². The van der Waals surface area contributed by atoms with Crippen LogP contribution in [0.3, 0.4) is 0 Å². The minimum atomic E-state index is -3.14. The highest BCUT2D eigenvalue weighted by atomic mass is 79.9. The lowest BCUT2D eigenvalue weighted by atomic mass is 9.96. The van der Waals surface area contributed by atoms with E-state index in [1.165, 1.54) is 18.4 Å². The first-order valence-corrected chi connectivity index (χ1v) is 12.2. The van der Waals surface area contributed by atoms with Crippen molar-refractivity contribution in [1.82, 2.24) is 4.90 Å². The SMILES string of the molecule is O=C1CN(CCC2=CCCCC2)[C@H]2CS(=O)(=O)C[C@@H]2N1c1ccc(Br)cc1. The number of hydrogen-bond acceptors (Lipinski definition) is 4. The molecule has 0 aromatic heterocycles. The van der Waals surface area contributed by atoms with Gasteiger partial charge in [-0.05, 0) is 56.4 Å². The van der Waals surface area contributed by atoms with Gasteiger partial charge in [-0.1, -0.05) is 27.6 Å². The van der Waals surface area contributed by atoms with Crippen molar-refractivity contribution >= 4 is 37.4 Å². The number of rotatable bonds is 4. The fraction of sp³-hybridized carbons (Fsp3) is 0.550. The molecule has 2 aliphatic heterocycles. The summed E-state index contributed by atoms with van der Waals surface area (Å²) in [5.41, 5.74) is 2.24. The van der Waals surface area contributed by atoms with E-state index in [0.29, 0.717) is 6.54 Å². The van der Waals surface area contributed by atoms with Crippen LogP contribution in [-0.4, -0.2) is 55.9 Å². The van der Waals surface area contributed by atoms with Crippen molar-refractivity contribution in [3.05, 3.63) is 40.4 Å². The molecule has 2 heterocycles. The minimum absolute atomic E-state index is 0.00621. The van der Waals surface area contributed by atoms with Crippen LogP contribution >= 0.6 is 15.9 Å². The molecule has 1 aliphatic carbocycles. The highest BCUT2D eigenvalue weighted by Crippen LogP contribution is 2.33. The first kappa shape index (κ1) is 19.2. The van der Waals surface area contributed by atoms with Crippen molar-refractivity contribution in [2.45, 2.75) is 44.2 Å². The molecule has 5 nitrogen and oxygen atoms in total. The lowest BCUT2D eigenvalue weighted by Crippen LogP contribution is -2.62. The number of halogens is 1. The summed E-state index contributed by atoms with van der Waals surface area (Å²) < 4.78 is 25.7. The van der Waals surface area contributed by atoms with Crippen LogP contribution in [0.2, 0.25) is 0 Å². The highest BCUT2D eigenvalue weighted by molar-refractivity contribution is 9.10. The largest absolute Gasteiger partial charge is 0.306 e. The van der Waals surface area contributed by atoms with Crippen LogP contribution in [0.5, 0.6) is 0 Å². The summed E-state index contributed by atoms with van der Waals surface area (Å²) in [6.45, 7) is 1.06. The number of amides is 1. The van der Waals surface area contributed by atoms with Crippen molar-refractivity contribution in [2.24, 2.45) is 0 Å². The van der Waals surface area contributed by atoms with Crippen LogP contribution in [0.15, 0.2) is 40.4 Å². The minimum Gasteiger partial charge on any atom is -0.306 e. The fourth-order valence-electron chi connectivity index (χ4n) is 4.56. The Labute approximate surface area is 169 Å². The second-order valence-corrected chi connectivity index (χ2v) is 10.8. The normalized spacial score (nSPS) is 28.1. The summed E-state index contributed by atoms with van der Waals surface area (Å²) >= 11 is 3.41. The Morgan fingerprint density at radius 2 is 1.81 bits per heavy atom. The van der Waals surface area contributed by atoms with Crippen molar-refractivity contribution in [1.29, 1.82) is 0 Å². The number of piperazine rings is 1. The number of carbonyl (C=O) groups is 1. The monoisotopic (exact) mass is 452 g/mol. The molecule has 0 spiro atoms. The van der Waals surface area contributed by atoms with Crippen LogP contribution in [0.4, 0.5) is 5.69 Å². The van der Waals surface area contributed by atoms with E-state index in [4.69, 9.17) is 0 Å². The number of allylic oxidation sites excluding steroid dienone is 1. The molecule has 0 saturated carbocycles. The zero-order valence-corrected chi connectivity index (χ0v) is 17.7. The highest BCUT2D eigenvalue weighted by Gasteiger charge is 2.49. The van der Waals surface area contributed by atoms with Gasteiger partial charge in [0.1, 0.15) is 0 Å². The molecule has 3 aliphatic rings. The molecule has 1 aromatic carbocycles. The van der Waals surface area contributed by atoms with Crippen molar-refractivity contribution in [2.75, 3.05) is 29.5 Å². The standard InChI is InChI=1S/C20H25BrN2O3S/c21-16-6-8-17(9-7-16)23-19-14-27(25,26)13-18(19)22(12-20(23)24)11-10-15-4-2-1-3-5-15/h4,6-9,18-19H,1-3,5,10-14H2/t18-,19-/m0/s1. The molecule has 2 fully saturated rings. The third-order valence-corrected chi connectivity index (χ3v) is 8.14. The van der Waals surface area contributed by atoms with Crippen molar-refractivity contribution in [3.63, 3.8) is 0 Å². The first-order valence-electron chi connectivity index (χ1n) is 9.63. The Hall–Kier alpha value is -1.18. The van der Waals surface area contributed by atoms with Crippen molar-refractivity contribution in [3.8, 4) is 0 Å². The number of sulfone groups is 1. The molecular weight excluding hydrogens is 428 g/mol. The maximum atomic E-state index is 13.0. The van der Waals surface area contributed by atoms with E-state index in [0.717, 1.165) is 36.0 Å². The van der Waals surface area contributed by atoms with E-state index in [9.17, 15) is 13.2 Å². The number of nitrogens with zero attached hydrogens (tertiary/aromatic N) is 2. The quantitative estimate of drug-likeness (QED) is 0.658. The van der Waals surface area contributed by atoms with Gasteiger partial charge in [0.2, 0.25) is 5.91 Å². The third kappa shape index (κ3) is 4.15. The topological polar surface area (TPSA) is 57.7 Å². The Morgan fingerprint density at radius 3 is 2.52 bits per heavy atom. The van der Waals surface area contributed by atoms with Crippen LogP contribution in [0, 0.1) is 0 Å². The van der Waals surface area contributed by atoms with Crippen molar-refractivity contribution < 1.29 is 13.2 Å². The number of hydrogen-bond donors (Lipinski definition) is 0. The summed E-state index contributed by atoms with van der Waals surface area (Å²) in [5.74, 6) is 0.198. The van der Waals surface area contributed by atoms with Crippen LogP contribution in [0.25, 0.3) is 0 Å². The average molecular weight is 453 g/mol. The van der Waals surface area contributed by atoms with E-state index in [1.807, 2.05) is 24.3 Å². The molecule has 4 rings (SSSR count). The molecule has 2 saturated heterocycles. The van der Waals surface area contributed by atoms with Gasteiger partial charge in [0.25, 0.3) is 0 Å². The molecule has 27 heavy (non-hydrogen) atoms. The molecule has 7 heteroatoms. The zero-order valence-electron chi connectivity index (χ0n) is 15.3. The summed E-state index contributed by atoms with van der Waals surface area (Å²) in [5, 5.41) is 0. The van der Waals surface area contributed by atoms with Crippen LogP contribution in [-0.2, 0) is 14.6 Å². The third-order valence-electron chi connectivity index (χ3n) is 5.91. The van der Waals surface area contributed by atoms with Crippen LogP contribution in [0.1, 0.15) is 32.1 Å². The van der Waals surface area contributed by atoms with Gasteiger partial charge in [-0.3, -0.25) is 9.69 Å². The molecule has 2 atom stereocenters. The van der Waals surface area contributed by atoms with Crippen LogP contribution < -0.4 is 4.90 Å². The lowest BCUT2D eigenvalue weighted by molar-refractivity contribution is -0.123. The Bertz CT molecular complexity index is 850. The predicted molar refractivity (Wildman–Crippen MR) is 111 cm³/mol. The molecular formula is C20H25BrN2O3S. The molecule has 146 valence electrons. The second kappa shape index (κ2) is 7.68. The number of benzene rings is 1. The number of fused-ring (bicyclic) bond motifs is 1. The molecule has 1 amide bonds. The molecule has 0 unspecified atom stereocenters. The summed E-state index contributed by atoms with van der Waals surface area (Å²) in [4.78, 5) is 16.8. The number of anilines is 1. The molecule has 1 aromatic rings. The first-order chi connectivity index (χ1) is 12.9. The average Bonchev–Trinajstić information content (AvgIpc) is 2.97. The Balaban J connectivity index is 1.56. The van der Waals surface area contributed by atoms with Gasteiger partial charge in [0.05, 0.1) is 24.1 Å². The molecule has 0 N–H and O–H groups in total. The lowest BCUT2D eigenvalue weighted by Gasteiger charge is -2.43. The predicted octanol–water partition coefficient (Wildman–Crippen LogP) is 3.15. The van der Waals surface area contributed by atoms with Gasteiger partial charge >= 0.3 is 0 Å². The smallest absolute Gasteiger partial charge is 0.241 e.